The van der Waals surface area contributed by atoms with Crippen LogP contribution in [0.3, 0.4) is 0 Å². The van der Waals surface area contributed by atoms with Gasteiger partial charge in [-0.15, -0.1) is 0 Å². The largest absolute Gasteiger partial charge is 0.383 e. The van der Waals surface area contributed by atoms with Gasteiger partial charge in [-0.05, 0) is 43.4 Å². The van der Waals surface area contributed by atoms with Crippen molar-refractivity contribution in [3.05, 3.63) is 59.4 Å². The van der Waals surface area contributed by atoms with Crippen LogP contribution in [0.2, 0.25) is 5.02 Å². The lowest BCUT2D eigenvalue weighted by Crippen LogP contribution is -2.39. The van der Waals surface area contributed by atoms with E-state index in [0.717, 1.165) is 11.4 Å². The Morgan fingerprint density at radius 2 is 2.04 bits per heavy atom. The number of anilines is 1. The van der Waals surface area contributed by atoms with E-state index in [1.54, 1.807) is 13.3 Å². The smallest absolute Gasteiger partial charge is 0.174 e. The number of ether oxygens (including phenoxy) is 1. The molecule has 4 nitrogen and oxygen atoms in total. The van der Waals surface area contributed by atoms with Gasteiger partial charge < -0.3 is 15.0 Å². The number of benzene rings is 1. The molecule has 0 radical (unpaired) electrons. The number of para-hydroxylation sites is 1. The molecule has 0 aliphatic rings. The zero-order valence-corrected chi connectivity index (χ0v) is 14.8. The fourth-order valence-electron chi connectivity index (χ4n) is 2.19. The highest BCUT2D eigenvalue weighted by Crippen LogP contribution is 2.23. The third-order valence-electron chi connectivity index (χ3n) is 3.50. The lowest BCUT2D eigenvalue weighted by Gasteiger charge is -2.31. The van der Waals surface area contributed by atoms with Crippen LogP contribution < -0.4 is 5.32 Å². The molecule has 0 unspecified atom stereocenters. The number of aromatic nitrogens is 1. The third-order valence-corrected chi connectivity index (χ3v) is 4.16. The van der Waals surface area contributed by atoms with E-state index in [9.17, 15) is 0 Å². The summed E-state index contributed by atoms with van der Waals surface area (Å²) in [5, 5.41) is 4.43. The summed E-state index contributed by atoms with van der Waals surface area (Å²) in [6, 6.07) is 13.4. The summed E-state index contributed by atoms with van der Waals surface area (Å²) in [5.74, 6) is 0. The van der Waals surface area contributed by atoms with Crippen LogP contribution in [0.25, 0.3) is 0 Å². The molecule has 0 aliphatic carbocycles. The second kappa shape index (κ2) is 8.82. The van der Waals surface area contributed by atoms with Crippen molar-refractivity contribution < 1.29 is 4.74 Å². The molecule has 1 atom stereocenters. The first-order valence-corrected chi connectivity index (χ1v) is 8.14. The highest BCUT2D eigenvalue weighted by Gasteiger charge is 2.20. The van der Waals surface area contributed by atoms with Crippen LogP contribution in [0.5, 0.6) is 0 Å². The Labute approximate surface area is 147 Å². The second-order valence-corrected chi connectivity index (χ2v) is 5.82. The van der Waals surface area contributed by atoms with E-state index in [2.05, 4.69) is 17.2 Å². The molecule has 0 saturated carbocycles. The predicted molar refractivity (Wildman–Crippen MR) is 98.9 cm³/mol. The summed E-state index contributed by atoms with van der Waals surface area (Å²) in [6.07, 6.45) is 1.78. The molecule has 0 fully saturated rings. The number of hydrogen-bond acceptors (Lipinski definition) is 3. The van der Waals surface area contributed by atoms with Crippen molar-refractivity contribution in [2.75, 3.05) is 25.6 Å². The van der Waals surface area contributed by atoms with Crippen molar-refractivity contribution in [2.45, 2.75) is 13.0 Å². The standard InChI is InChI=1S/C17H20ClN3OS/c1-13(15-8-5-6-10-19-15)21(11-12-22-2)17(23)20-16-9-4-3-7-14(16)18/h3-10,13H,11-12H2,1-2H3,(H,20,23)/t13-/m1/s1. The molecular weight excluding hydrogens is 330 g/mol. The Balaban J connectivity index is 2.17. The molecular formula is C17H20ClN3OS. The molecule has 0 aliphatic heterocycles. The van der Waals surface area contributed by atoms with Crippen LogP contribution in [0, 0.1) is 0 Å². The normalized spacial score (nSPS) is 11.8. The van der Waals surface area contributed by atoms with E-state index in [-0.39, 0.29) is 6.04 Å². The first kappa shape index (κ1) is 17.7. The van der Waals surface area contributed by atoms with E-state index in [4.69, 9.17) is 28.6 Å². The zero-order valence-electron chi connectivity index (χ0n) is 13.2. The molecule has 6 heteroatoms. The molecule has 0 bridgehead atoms. The van der Waals surface area contributed by atoms with Gasteiger partial charge in [0.25, 0.3) is 0 Å². The van der Waals surface area contributed by atoms with E-state index in [0.29, 0.717) is 23.3 Å². The minimum Gasteiger partial charge on any atom is -0.383 e. The van der Waals surface area contributed by atoms with Crippen LogP contribution in [0.4, 0.5) is 5.69 Å². The third kappa shape index (κ3) is 4.89. The van der Waals surface area contributed by atoms with Crippen molar-refractivity contribution in [3.8, 4) is 0 Å². The van der Waals surface area contributed by atoms with Crippen LogP contribution in [-0.2, 0) is 4.74 Å². The van der Waals surface area contributed by atoms with Gasteiger partial charge in [0.15, 0.2) is 5.11 Å². The SMILES string of the molecule is COCCN(C(=S)Nc1ccccc1Cl)[C@H](C)c1ccccn1. The highest BCUT2D eigenvalue weighted by molar-refractivity contribution is 7.80. The van der Waals surface area contributed by atoms with Crippen molar-refractivity contribution in [2.24, 2.45) is 0 Å². The summed E-state index contributed by atoms with van der Waals surface area (Å²) in [6.45, 7) is 3.30. The van der Waals surface area contributed by atoms with E-state index in [1.807, 2.05) is 47.4 Å². The molecule has 0 amide bonds. The molecule has 1 heterocycles. The number of nitrogens with one attached hydrogen (secondary N) is 1. The highest BCUT2D eigenvalue weighted by atomic mass is 35.5. The van der Waals surface area contributed by atoms with Gasteiger partial charge in [0.05, 0.1) is 29.1 Å². The van der Waals surface area contributed by atoms with Crippen LogP contribution >= 0.6 is 23.8 Å². The molecule has 1 N–H and O–H groups in total. The maximum atomic E-state index is 6.20. The van der Waals surface area contributed by atoms with Gasteiger partial charge in [-0.3, -0.25) is 4.98 Å². The van der Waals surface area contributed by atoms with Crippen molar-refractivity contribution in [1.82, 2.24) is 9.88 Å². The number of rotatable bonds is 6. The molecule has 1 aromatic carbocycles. The number of hydrogen-bond donors (Lipinski definition) is 1. The number of methoxy groups -OCH3 is 1. The molecule has 122 valence electrons. The topological polar surface area (TPSA) is 37.4 Å². The fraction of sp³-hybridized carbons (Fsp3) is 0.294. The Bertz CT molecular complexity index is 639. The molecule has 0 saturated heterocycles. The maximum absolute atomic E-state index is 6.20. The Kier molecular flexibility index (Phi) is 6.77. The van der Waals surface area contributed by atoms with Crippen molar-refractivity contribution in [3.63, 3.8) is 0 Å². The molecule has 0 spiro atoms. The van der Waals surface area contributed by atoms with Crippen molar-refractivity contribution >= 4 is 34.6 Å². The number of halogens is 1. The monoisotopic (exact) mass is 349 g/mol. The summed E-state index contributed by atoms with van der Waals surface area (Å²) >= 11 is 11.8. The van der Waals surface area contributed by atoms with Crippen molar-refractivity contribution in [1.29, 1.82) is 0 Å². The van der Waals surface area contributed by atoms with Gasteiger partial charge >= 0.3 is 0 Å². The van der Waals surface area contributed by atoms with Gasteiger partial charge in [0, 0.05) is 19.9 Å². The average molecular weight is 350 g/mol. The predicted octanol–water partition coefficient (Wildman–Crippen LogP) is 4.14. The van der Waals surface area contributed by atoms with E-state index in [1.165, 1.54) is 0 Å². The van der Waals surface area contributed by atoms with E-state index >= 15 is 0 Å². The first-order chi connectivity index (χ1) is 11.1. The summed E-state index contributed by atoms with van der Waals surface area (Å²) < 4.78 is 5.21. The Morgan fingerprint density at radius 1 is 1.30 bits per heavy atom. The summed E-state index contributed by atoms with van der Waals surface area (Å²) in [7, 11) is 1.67. The molecule has 2 aromatic rings. The van der Waals surface area contributed by atoms with Crippen LogP contribution in [0.15, 0.2) is 48.7 Å². The molecule has 2 rings (SSSR count). The van der Waals surface area contributed by atoms with Gasteiger partial charge in [0.2, 0.25) is 0 Å². The second-order valence-electron chi connectivity index (χ2n) is 5.03. The zero-order chi connectivity index (χ0) is 16.7. The minimum atomic E-state index is 0.0221. The van der Waals surface area contributed by atoms with Gasteiger partial charge in [0.1, 0.15) is 0 Å². The van der Waals surface area contributed by atoms with Crippen LogP contribution in [0.1, 0.15) is 18.7 Å². The van der Waals surface area contributed by atoms with Gasteiger partial charge in [-0.1, -0.05) is 29.8 Å². The van der Waals surface area contributed by atoms with Gasteiger partial charge in [-0.25, -0.2) is 0 Å². The maximum Gasteiger partial charge on any atom is 0.174 e. The Morgan fingerprint density at radius 3 is 2.70 bits per heavy atom. The minimum absolute atomic E-state index is 0.0221. The van der Waals surface area contributed by atoms with Crippen LogP contribution in [-0.4, -0.2) is 35.3 Å². The lowest BCUT2D eigenvalue weighted by molar-refractivity contribution is 0.164. The summed E-state index contributed by atoms with van der Waals surface area (Å²) in [5.41, 5.74) is 1.74. The quantitative estimate of drug-likeness (QED) is 0.793. The Hall–Kier alpha value is -1.69. The first-order valence-electron chi connectivity index (χ1n) is 7.35. The number of nitrogens with zero attached hydrogens (tertiary/aromatic N) is 2. The lowest BCUT2D eigenvalue weighted by atomic mass is 10.2. The van der Waals surface area contributed by atoms with Gasteiger partial charge in [-0.2, -0.15) is 0 Å². The molecule has 23 heavy (non-hydrogen) atoms. The van der Waals surface area contributed by atoms with E-state index < -0.39 is 0 Å². The number of pyridine rings is 1. The fourth-order valence-corrected chi connectivity index (χ4v) is 2.74. The average Bonchev–Trinajstić information content (AvgIpc) is 2.58. The summed E-state index contributed by atoms with van der Waals surface area (Å²) in [4.78, 5) is 6.46. The number of thiocarbonyl (C=S) groups is 1. The molecule has 1 aromatic heterocycles.